The Kier molecular flexibility index (Phi) is 5.17. The summed E-state index contributed by atoms with van der Waals surface area (Å²) in [4.78, 5) is 11.8. The van der Waals surface area contributed by atoms with Crippen LogP contribution in [0.5, 0.6) is 0 Å². The minimum atomic E-state index is -0.0281. The maximum atomic E-state index is 5.91. The van der Waals surface area contributed by atoms with Crippen LogP contribution in [0.2, 0.25) is 0 Å². The fourth-order valence-corrected chi connectivity index (χ4v) is 2.50. The number of anilines is 1. The molecule has 5 nitrogen and oxygen atoms in total. The van der Waals surface area contributed by atoms with Crippen LogP contribution in [0, 0.1) is 0 Å². The van der Waals surface area contributed by atoms with Crippen LogP contribution < -0.4 is 5.32 Å². The zero-order valence-electron chi connectivity index (χ0n) is 13.9. The summed E-state index contributed by atoms with van der Waals surface area (Å²) in [6.07, 6.45) is 1.14. The molecular weight excluding hydrogens is 264 g/mol. The molecule has 21 heavy (non-hydrogen) atoms. The Morgan fingerprint density at radius 1 is 1.38 bits per heavy atom. The molecule has 0 aliphatic carbocycles. The molecule has 0 saturated carbocycles. The lowest BCUT2D eigenvalue weighted by Crippen LogP contribution is -2.39. The monoisotopic (exact) mass is 292 g/mol. The Morgan fingerprint density at radius 2 is 2.14 bits per heavy atom. The van der Waals surface area contributed by atoms with Crippen molar-refractivity contribution in [1.29, 1.82) is 0 Å². The number of ether oxygens (including phenoxy) is 1. The van der Waals surface area contributed by atoms with Crippen molar-refractivity contribution in [1.82, 2.24) is 14.9 Å². The maximum absolute atomic E-state index is 5.91. The molecule has 1 saturated heterocycles. The van der Waals surface area contributed by atoms with Crippen LogP contribution in [0.4, 0.5) is 5.82 Å². The molecule has 1 unspecified atom stereocenters. The molecule has 1 aliphatic rings. The van der Waals surface area contributed by atoms with Crippen LogP contribution in [-0.2, 0) is 10.2 Å². The molecule has 0 amide bonds. The number of nitrogens with zero attached hydrogens (tertiary/aromatic N) is 3. The summed E-state index contributed by atoms with van der Waals surface area (Å²) in [5.41, 5.74) is 1.05. The van der Waals surface area contributed by atoms with Crippen LogP contribution >= 0.6 is 0 Å². The average molecular weight is 292 g/mol. The van der Waals surface area contributed by atoms with Gasteiger partial charge < -0.3 is 10.1 Å². The highest BCUT2D eigenvalue weighted by Crippen LogP contribution is 2.26. The molecule has 1 aromatic heterocycles. The van der Waals surface area contributed by atoms with Gasteiger partial charge in [-0.25, -0.2) is 9.97 Å². The van der Waals surface area contributed by atoms with Gasteiger partial charge in [0, 0.05) is 31.6 Å². The topological polar surface area (TPSA) is 50.3 Å². The van der Waals surface area contributed by atoms with Gasteiger partial charge in [-0.15, -0.1) is 0 Å². The second-order valence-corrected chi connectivity index (χ2v) is 6.66. The van der Waals surface area contributed by atoms with Crippen LogP contribution in [-0.4, -0.2) is 48.2 Å². The first-order valence-corrected chi connectivity index (χ1v) is 7.85. The van der Waals surface area contributed by atoms with E-state index >= 15 is 0 Å². The molecular formula is C16H28N4O. The van der Waals surface area contributed by atoms with E-state index < -0.39 is 0 Å². The van der Waals surface area contributed by atoms with Crippen molar-refractivity contribution in [3.05, 3.63) is 17.6 Å². The first-order chi connectivity index (χ1) is 9.94. The Bertz CT molecular complexity index is 468. The molecule has 5 heteroatoms. The van der Waals surface area contributed by atoms with E-state index in [1.54, 1.807) is 0 Å². The molecule has 0 aromatic carbocycles. The van der Waals surface area contributed by atoms with E-state index in [9.17, 15) is 0 Å². The molecule has 1 atom stereocenters. The van der Waals surface area contributed by atoms with Crippen molar-refractivity contribution in [3.8, 4) is 0 Å². The number of aromatic nitrogens is 2. The Hall–Kier alpha value is -1.20. The number of morpholine rings is 1. The van der Waals surface area contributed by atoms with Gasteiger partial charge in [-0.1, -0.05) is 27.7 Å². The Labute approximate surface area is 128 Å². The third-order valence-corrected chi connectivity index (χ3v) is 3.75. The predicted molar refractivity (Wildman–Crippen MR) is 85.7 cm³/mol. The summed E-state index contributed by atoms with van der Waals surface area (Å²) in [6, 6.07) is 2.02. The van der Waals surface area contributed by atoms with Crippen molar-refractivity contribution in [2.24, 2.45) is 0 Å². The minimum Gasteiger partial charge on any atom is -0.373 e. The number of hydrogen-bond donors (Lipinski definition) is 1. The van der Waals surface area contributed by atoms with E-state index in [2.05, 4.69) is 42.9 Å². The van der Waals surface area contributed by atoms with E-state index in [4.69, 9.17) is 9.72 Å². The fourth-order valence-electron chi connectivity index (χ4n) is 2.50. The Morgan fingerprint density at radius 3 is 2.76 bits per heavy atom. The molecule has 0 radical (unpaired) electrons. The SMILES string of the molecule is CCCN1CCOC(c2nc(NC)cc(C(C)(C)C)n2)C1. The van der Waals surface area contributed by atoms with Crippen LogP contribution in [0.3, 0.4) is 0 Å². The first kappa shape index (κ1) is 16.2. The van der Waals surface area contributed by atoms with Gasteiger partial charge in [-0.3, -0.25) is 4.90 Å². The van der Waals surface area contributed by atoms with Crippen molar-refractivity contribution < 1.29 is 4.74 Å². The smallest absolute Gasteiger partial charge is 0.161 e. The summed E-state index contributed by atoms with van der Waals surface area (Å²) in [7, 11) is 1.89. The van der Waals surface area contributed by atoms with Crippen LogP contribution in [0.15, 0.2) is 6.07 Å². The first-order valence-electron chi connectivity index (χ1n) is 7.85. The molecule has 1 aliphatic heterocycles. The van der Waals surface area contributed by atoms with Crippen LogP contribution in [0.25, 0.3) is 0 Å². The second-order valence-electron chi connectivity index (χ2n) is 6.66. The quantitative estimate of drug-likeness (QED) is 0.924. The van der Waals surface area contributed by atoms with Crippen LogP contribution in [0.1, 0.15) is 51.7 Å². The van der Waals surface area contributed by atoms with Gasteiger partial charge in [0.05, 0.1) is 12.3 Å². The van der Waals surface area contributed by atoms with Gasteiger partial charge in [0.15, 0.2) is 5.82 Å². The minimum absolute atomic E-state index is 0.00105. The van der Waals surface area contributed by atoms with E-state index in [-0.39, 0.29) is 11.5 Å². The average Bonchev–Trinajstić information content (AvgIpc) is 2.46. The molecule has 118 valence electrons. The van der Waals surface area contributed by atoms with Crippen molar-refractivity contribution in [2.45, 2.75) is 45.6 Å². The zero-order chi connectivity index (χ0) is 15.5. The molecule has 2 rings (SSSR count). The summed E-state index contributed by atoms with van der Waals surface area (Å²) in [5.74, 6) is 1.66. The van der Waals surface area contributed by atoms with Crippen molar-refractivity contribution >= 4 is 5.82 Å². The van der Waals surface area contributed by atoms with Crippen molar-refractivity contribution in [3.63, 3.8) is 0 Å². The summed E-state index contributed by atoms with van der Waals surface area (Å²) < 4.78 is 5.91. The van der Waals surface area contributed by atoms with Gasteiger partial charge >= 0.3 is 0 Å². The number of rotatable bonds is 4. The summed E-state index contributed by atoms with van der Waals surface area (Å²) >= 11 is 0. The second kappa shape index (κ2) is 6.71. The highest BCUT2D eigenvalue weighted by molar-refractivity contribution is 5.37. The highest BCUT2D eigenvalue weighted by atomic mass is 16.5. The largest absolute Gasteiger partial charge is 0.373 e. The van der Waals surface area contributed by atoms with Gasteiger partial charge in [-0.2, -0.15) is 0 Å². The van der Waals surface area contributed by atoms with E-state index in [1.807, 2.05) is 13.1 Å². The number of hydrogen-bond acceptors (Lipinski definition) is 5. The molecule has 1 fully saturated rings. The molecule has 2 heterocycles. The van der Waals surface area contributed by atoms with E-state index in [0.29, 0.717) is 0 Å². The van der Waals surface area contributed by atoms with Crippen molar-refractivity contribution in [2.75, 3.05) is 38.6 Å². The Balaban J connectivity index is 2.25. The lowest BCUT2D eigenvalue weighted by molar-refractivity contribution is -0.0343. The molecule has 1 aromatic rings. The molecule has 0 bridgehead atoms. The fraction of sp³-hybridized carbons (Fsp3) is 0.750. The van der Waals surface area contributed by atoms with Gasteiger partial charge in [-0.05, 0) is 13.0 Å². The summed E-state index contributed by atoms with van der Waals surface area (Å²) in [6.45, 7) is 12.5. The number of nitrogens with one attached hydrogen (secondary N) is 1. The third-order valence-electron chi connectivity index (χ3n) is 3.75. The van der Waals surface area contributed by atoms with E-state index in [0.717, 1.165) is 50.0 Å². The highest BCUT2D eigenvalue weighted by Gasteiger charge is 2.26. The van der Waals surface area contributed by atoms with Gasteiger partial charge in [0.2, 0.25) is 0 Å². The molecule has 1 N–H and O–H groups in total. The van der Waals surface area contributed by atoms with Gasteiger partial charge in [0.25, 0.3) is 0 Å². The van der Waals surface area contributed by atoms with E-state index in [1.165, 1.54) is 0 Å². The molecule has 0 spiro atoms. The maximum Gasteiger partial charge on any atom is 0.161 e. The standard InChI is InChI=1S/C16H28N4O/c1-6-7-20-8-9-21-12(11-20)15-18-13(16(2,3)4)10-14(17-5)19-15/h10,12H,6-9,11H2,1-5H3,(H,17,18,19). The predicted octanol–water partition coefficient (Wildman–Crippen LogP) is 2.60. The lowest BCUT2D eigenvalue weighted by atomic mass is 9.92. The van der Waals surface area contributed by atoms with Gasteiger partial charge in [0.1, 0.15) is 11.9 Å². The lowest BCUT2D eigenvalue weighted by Gasteiger charge is -2.32. The normalized spacial score (nSPS) is 20.5. The third kappa shape index (κ3) is 4.14. The summed E-state index contributed by atoms with van der Waals surface area (Å²) in [5, 5.41) is 3.14. The zero-order valence-corrected chi connectivity index (χ0v) is 13.9.